The van der Waals surface area contributed by atoms with Crippen LogP contribution in [0.1, 0.15) is 50.6 Å². The third kappa shape index (κ3) is 2.99. The fourth-order valence-electron chi connectivity index (χ4n) is 4.33. The molecule has 1 saturated heterocycles. The summed E-state index contributed by atoms with van der Waals surface area (Å²) < 4.78 is 5.91. The van der Waals surface area contributed by atoms with Crippen molar-refractivity contribution in [2.45, 2.75) is 56.8 Å². The molecule has 1 spiro atoms. The first-order chi connectivity index (χ1) is 12.1. The van der Waals surface area contributed by atoms with Gasteiger partial charge in [0.15, 0.2) is 0 Å². The monoisotopic (exact) mass is 339 g/mol. The largest absolute Gasteiger partial charge is 0.443 e. The zero-order valence-electron chi connectivity index (χ0n) is 14.6. The van der Waals surface area contributed by atoms with Gasteiger partial charge >= 0.3 is 6.09 Å². The minimum Gasteiger partial charge on any atom is -0.443 e. The molecule has 1 amide bonds. The lowest BCUT2D eigenvalue weighted by Crippen LogP contribution is -2.52. The van der Waals surface area contributed by atoms with E-state index in [4.69, 9.17) is 4.74 Å². The van der Waals surface area contributed by atoms with Gasteiger partial charge in [0, 0.05) is 13.0 Å². The van der Waals surface area contributed by atoms with Crippen LogP contribution in [0.25, 0.3) is 10.8 Å². The van der Waals surface area contributed by atoms with Crippen LogP contribution in [0.3, 0.4) is 0 Å². The van der Waals surface area contributed by atoms with E-state index < -0.39 is 0 Å². The molecule has 1 aliphatic carbocycles. The average molecular weight is 339 g/mol. The minimum absolute atomic E-state index is 0.0230. The number of aliphatic hydroxyl groups is 1. The van der Waals surface area contributed by atoms with Gasteiger partial charge in [-0.3, -0.25) is 0 Å². The number of benzene rings is 2. The number of carbonyl (C=O) groups is 1. The highest BCUT2D eigenvalue weighted by Gasteiger charge is 2.44. The van der Waals surface area contributed by atoms with Crippen molar-refractivity contribution in [3.8, 4) is 0 Å². The molecule has 4 nitrogen and oxygen atoms in total. The van der Waals surface area contributed by atoms with Gasteiger partial charge in [-0.2, -0.15) is 0 Å². The fourth-order valence-corrected chi connectivity index (χ4v) is 4.33. The number of nitrogens with zero attached hydrogens (tertiary/aromatic N) is 1. The van der Waals surface area contributed by atoms with E-state index in [9.17, 15) is 9.90 Å². The van der Waals surface area contributed by atoms with Crippen LogP contribution >= 0.6 is 0 Å². The second kappa shape index (κ2) is 6.34. The highest BCUT2D eigenvalue weighted by atomic mass is 16.6. The summed E-state index contributed by atoms with van der Waals surface area (Å²) in [6.45, 7) is 2.78. The van der Waals surface area contributed by atoms with E-state index in [0.717, 1.165) is 37.7 Å². The summed E-state index contributed by atoms with van der Waals surface area (Å²) in [7, 11) is 0. The molecular formula is C21H25NO3. The van der Waals surface area contributed by atoms with Crippen LogP contribution in [0.15, 0.2) is 42.5 Å². The molecule has 1 saturated carbocycles. The second-order valence-corrected chi connectivity index (χ2v) is 7.47. The molecule has 2 aromatic rings. The van der Waals surface area contributed by atoms with Crippen molar-refractivity contribution >= 4 is 16.9 Å². The Morgan fingerprint density at radius 3 is 2.60 bits per heavy atom. The smallest absolute Gasteiger partial charge is 0.410 e. The highest BCUT2D eigenvalue weighted by molar-refractivity contribution is 5.86. The third-order valence-electron chi connectivity index (χ3n) is 5.95. The lowest BCUT2D eigenvalue weighted by Gasteiger charge is -2.45. The van der Waals surface area contributed by atoms with Crippen molar-refractivity contribution in [1.82, 2.24) is 4.90 Å². The standard InChI is InChI=1S/C21H25NO3/c1-15(18-8-4-6-16-5-2-3-7-19(16)18)22-14-13-21(25-20(22)24)11-9-17(23)10-12-21/h2-8,15,17,23H,9-14H2,1H3/t15-,17-,21+/m0/s1. The van der Waals surface area contributed by atoms with Gasteiger partial charge in [0.05, 0.1) is 12.1 Å². The zero-order chi connectivity index (χ0) is 17.4. The number of rotatable bonds is 2. The molecule has 4 rings (SSSR count). The molecule has 132 valence electrons. The van der Waals surface area contributed by atoms with Gasteiger partial charge in [-0.05, 0) is 48.9 Å². The molecule has 1 N–H and O–H groups in total. The topological polar surface area (TPSA) is 49.8 Å². The van der Waals surface area contributed by atoms with Crippen LogP contribution in [0.2, 0.25) is 0 Å². The van der Waals surface area contributed by atoms with Crippen molar-refractivity contribution in [1.29, 1.82) is 0 Å². The molecule has 25 heavy (non-hydrogen) atoms. The van der Waals surface area contributed by atoms with Gasteiger partial charge in [-0.15, -0.1) is 0 Å². The number of amides is 1. The lowest BCUT2D eigenvalue weighted by atomic mass is 9.80. The summed E-state index contributed by atoms with van der Waals surface area (Å²) in [5.41, 5.74) is 0.802. The van der Waals surface area contributed by atoms with Crippen LogP contribution in [0, 0.1) is 0 Å². The SMILES string of the molecule is C[C@@H](c1cccc2ccccc12)N1CC[C@]2(CC[C@H](O)CC2)OC1=O. The van der Waals surface area contributed by atoms with E-state index in [1.54, 1.807) is 0 Å². The van der Waals surface area contributed by atoms with E-state index in [0.29, 0.717) is 6.54 Å². The van der Waals surface area contributed by atoms with Gasteiger partial charge in [-0.25, -0.2) is 4.79 Å². The summed E-state index contributed by atoms with van der Waals surface area (Å²) in [4.78, 5) is 14.6. The predicted molar refractivity (Wildman–Crippen MR) is 97.4 cm³/mol. The molecule has 4 heteroatoms. The van der Waals surface area contributed by atoms with Crippen molar-refractivity contribution in [2.24, 2.45) is 0 Å². The first-order valence-electron chi connectivity index (χ1n) is 9.23. The quantitative estimate of drug-likeness (QED) is 0.881. The van der Waals surface area contributed by atoms with E-state index in [-0.39, 0.29) is 23.8 Å². The van der Waals surface area contributed by atoms with E-state index in [2.05, 4.69) is 31.2 Å². The van der Waals surface area contributed by atoms with Crippen LogP contribution in [0.4, 0.5) is 4.79 Å². The Labute approximate surface area is 148 Å². The van der Waals surface area contributed by atoms with Crippen LogP contribution in [-0.4, -0.2) is 34.3 Å². The summed E-state index contributed by atoms with van der Waals surface area (Å²) in [5, 5.41) is 12.1. The Bertz CT molecular complexity index is 774. The zero-order valence-corrected chi connectivity index (χ0v) is 14.6. The number of hydrogen-bond acceptors (Lipinski definition) is 3. The Balaban J connectivity index is 1.55. The minimum atomic E-state index is -0.356. The molecule has 0 aromatic heterocycles. The van der Waals surface area contributed by atoms with Crippen LogP contribution in [-0.2, 0) is 4.74 Å². The lowest BCUT2D eigenvalue weighted by molar-refractivity contribution is -0.0907. The molecule has 2 aromatic carbocycles. The van der Waals surface area contributed by atoms with Gasteiger partial charge < -0.3 is 14.7 Å². The van der Waals surface area contributed by atoms with E-state index >= 15 is 0 Å². The number of ether oxygens (including phenoxy) is 1. The molecule has 0 unspecified atom stereocenters. The van der Waals surface area contributed by atoms with E-state index in [1.807, 2.05) is 23.1 Å². The highest BCUT2D eigenvalue weighted by Crippen LogP contribution is 2.40. The fraction of sp³-hybridized carbons (Fsp3) is 0.476. The van der Waals surface area contributed by atoms with E-state index in [1.165, 1.54) is 10.8 Å². The van der Waals surface area contributed by atoms with Crippen LogP contribution < -0.4 is 0 Å². The van der Waals surface area contributed by atoms with Crippen molar-refractivity contribution in [3.63, 3.8) is 0 Å². The average Bonchev–Trinajstić information content (AvgIpc) is 2.63. The Morgan fingerprint density at radius 1 is 1.12 bits per heavy atom. The number of aliphatic hydroxyl groups excluding tert-OH is 1. The maximum absolute atomic E-state index is 12.7. The van der Waals surface area contributed by atoms with Gasteiger partial charge in [0.2, 0.25) is 0 Å². The molecule has 1 aliphatic heterocycles. The number of fused-ring (bicyclic) bond motifs is 1. The maximum Gasteiger partial charge on any atom is 0.410 e. The third-order valence-corrected chi connectivity index (χ3v) is 5.95. The van der Waals surface area contributed by atoms with Crippen molar-refractivity contribution < 1.29 is 14.6 Å². The predicted octanol–water partition coefficient (Wildman–Crippen LogP) is 4.42. The van der Waals surface area contributed by atoms with Crippen molar-refractivity contribution in [3.05, 3.63) is 48.0 Å². The first kappa shape index (κ1) is 16.4. The van der Waals surface area contributed by atoms with Gasteiger partial charge in [0.1, 0.15) is 5.60 Å². The normalized spacial score (nSPS) is 28.2. The number of carbonyl (C=O) groups excluding carboxylic acids is 1. The number of hydrogen-bond donors (Lipinski definition) is 1. The molecule has 0 bridgehead atoms. The molecule has 2 fully saturated rings. The van der Waals surface area contributed by atoms with Gasteiger partial charge in [-0.1, -0.05) is 42.5 Å². The van der Waals surface area contributed by atoms with Crippen LogP contribution in [0.5, 0.6) is 0 Å². The molecule has 2 aliphatic rings. The Kier molecular flexibility index (Phi) is 4.16. The van der Waals surface area contributed by atoms with Gasteiger partial charge in [0.25, 0.3) is 0 Å². The second-order valence-electron chi connectivity index (χ2n) is 7.47. The Hall–Kier alpha value is -2.07. The summed E-state index contributed by atoms with van der Waals surface area (Å²) in [6.07, 6.45) is 3.39. The molecule has 1 atom stereocenters. The summed E-state index contributed by atoms with van der Waals surface area (Å²) in [5.74, 6) is 0. The first-order valence-corrected chi connectivity index (χ1v) is 9.23. The molecule has 0 radical (unpaired) electrons. The molecule has 1 heterocycles. The van der Waals surface area contributed by atoms with Crippen molar-refractivity contribution in [2.75, 3.05) is 6.54 Å². The summed E-state index contributed by atoms with van der Waals surface area (Å²) >= 11 is 0. The molecular weight excluding hydrogens is 314 g/mol. The Morgan fingerprint density at radius 2 is 1.84 bits per heavy atom. The summed E-state index contributed by atoms with van der Waals surface area (Å²) in [6, 6.07) is 14.5. The maximum atomic E-state index is 12.7.